The maximum atomic E-state index is 13.3. The number of carbonyl (C=O) groups excluding carboxylic acids is 2. The molecule has 1 atom stereocenters. The predicted molar refractivity (Wildman–Crippen MR) is 92.2 cm³/mol. The van der Waals surface area contributed by atoms with E-state index in [-0.39, 0.29) is 18.1 Å². The van der Waals surface area contributed by atoms with Gasteiger partial charge in [0.1, 0.15) is 5.75 Å². The molecule has 0 radical (unpaired) electrons. The van der Waals surface area contributed by atoms with Crippen LogP contribution in [0, 0.1) is 0 Å². The van der Waals surface area contributed by atoms with Gasteiger partial charge in [-0.15, -0.1) is 0 Å². The molecule has 0 aromatic heterocycles. The fourth-order valence-electron chi connectivity index (χ4n) is 3.42. The van der Waals surface area contributed by atoms with E-state index in [1.807, 2.05) is 42.5 Å². The number of carbonyl (C=O) groups is 2. The number of ketones is 1. The Morgan fingerprint density at radius 1 is 1.16 bits per heavy atom. The summed E-state index contributed by atoms with van der Waals surface area (Å²) in [7, 11) is 1.57. The second-order valence-electron chi connectivity index (χ2n) is 6.15. The Kier molecular flexibility index (Phi) is 3.57. The fourth-order valence-corrected chi connectivity index (χ4v) is 3.42. The number of methoxy groups -OCH3 is 1. The maximum Gasteiger partial charge on any atom is 0.276 e. The Bertz CT molecular complexity index is 875. The summed E-state index contributed by atoms with van der Waals surface area (Å²) in [6.07, 6.45) is 2.67. The van der Waals surface area contributed by atoms with Gasteiger partial charge in [0.05, 0.1) is 32.0 Å². The van der Waals surface area contributed by atoms with Gasteiger partial charge in [-0.05, 0) is 23.8 Å². The van der Waals surface area contributed by atoms with E-state index in [1.165, 1.54) is 12.3 Å². The monoisotopic (exact) mass is 335 g/mol. The first kappa shape index (κ1) is 15.4. The van der Waals surface area contributed by atoms with Crippen LogP contribution < -0.4 is 9.64 Å². The largest absolute Gasteiger partial charge is 0.497 e. The Labute approximate surface area is 145 Å². The molecule has 0 bridgehead atoms. The predicted octanol–water partition coefficient (Wildman–Crippen LogP) is 2.94. The molecule has 2 aromatic rings. The highest BCUT2D eigenvalue weighted by molar-refractivity contribution is 6.10. The van der Waals surface area contributed by atoms with Crippen LogP contribution in [0.1, 0.15) is 17.5 Å². The van der Waals surface area contributed by atoms with E-state index >= 15 is 0 Å². The Balaban J connectivity index is 1.82. The molecule has 2 heterocycles. The number of hydrogen-bond acceptors (Lipinski definition) is 4. The number of fused-ring (bicyclic) bond motifs is 2. The molecule has 0 fully saturated rings. The molecule has 2 aliphatic rings. The number of nitrogens with zero attached hydrogens (tertiary/aromatic N) is 1. The van der Waals surface area contributed by atoms with Gasteiger partial charge in [-0.3, -0.25) is 9.59 Å². The molecule has 2 aromatic carbocycles. The highest BCUT2D eigenvalue weighted by atomic mass is 16.5. The quantitative estimate of drug-likeness (QED) is 0.865. The summed E-state index contributed by atoms with van der Waals surface area (Å²) in [5.41, 5.74) is 1.13. The van der Waals surface area contributed by atoms with Crippen LogP contribution in [-0.4, -0.2) is 18.8 Å². The molecule has 2 aliphatic heterocycles. The van der Waals surface area contributed by atoms with Crippen LogP contribution in [0.5, 0.6) is 5.75 Å². The molecule has 4 rings (SSSR count). The molecule has 0 aliphatic carbocycles. The standard InChI is InChI=1S/C20H17NO4/c1-24-16-7-8-18-17(11-16)20(12-15(22)9-10-25-20)19(23)21(18)13-14-5-3-2-4-6-14/h2-11H,12-13H2,1H3. The minimum Gasteiger partial charge on any atom is -0.497 e. The number of anilines is 1. The summed E-state index contributed by atoms with van der Waals surface area (Å²) in [4.78, 5) is 27.0. The normalized spacial score (nSPS) is 21.4. The summed E-state index contributed by atoms with van der Waals surface area (Å²) >= 11 is 0. The van der Waals surface area contributed by atoms with E-state index in [1.54, 1.807) is 18.1 Å². The van der Waals surface area contributed by atoms with Crippen molar-refractivity contribution in [2.45, 2.75) is 18.6 Å². The van der Waals surface area contributed by atoms with Gasteiger partial charge in [0.15, 0.2) is 5.78 Å². The van der Waals surface area contributed by atoms with Gasteiger partial charge in [-0.25, -0.2) is 0 Å². The first-order valence-electron chi connectivity index (χ1n) is 8.06. The fraction of sp³-hybridized carbons (Fsp3) is 0.200. The van der Waals surface area contributed by atoms with Gasteiger partial charge in [0.2, 0.25) is 5.60 Å². The summed E-state index contributed by atoms with van der Waals surface area (Å²) in [5.74, 6) is 0.269. The van der Waals surface area contributed by atoms with Gasteiger partial charge in [-0.1, -0.05) is 30.3 Å². The van der Waals surface area contributed by atoms with Crippen molar-refractivity contribution in [3.05, 3.63) is 72.0 Å². The van der Waals surface area contributed by atoms with Crippen LogP contribution in [0.3, 0.4) is 0 Å². The topological polar surface area (TPSA) is 55.8 Å². The zero-order valence-corrected chi connectivity index (χ0v) is 13.8. The highest BCUT2D eigenvalue weighted by Crippen LogP contribution is 2.48. The number of amides is 1. The molecule has 126 valence electrons. The number of hydrogen-bond donors (Lipinski definition) is 0. The van der Waals surface area contributed by atoms with E-state index in [9.17, 15) is 9.59 Å². The zero-order valence-electron chi connectivity index (χ0n) is 13.8. The minimum absolute atomic E-state index is 0.00616. The van der Waals surface area contributed by atoms with Crippen molar-refractivity contribution in [2.24, 2.45) is 0 Å². The van der Waals surface area contributed by atoms with E-state index in [4.69, 9.17) is 9.47 Å². The Morgan fingerprint density at radius 2 is 1.96 bits per heavy atom. The summed E-state index contributed by atoms with van der Waals surface area (Å²) in [5, 5.41) is 0. The molecule has 1 spiro atoms. The van der Waals surface area contributed by atoms with Crippen LogP contribution in [0.4, 0.5) is 5.69 Å². The van der Waals surface area contributed by atoms with Crippen LogP contribution in [0.2, 0.25) is 0 Å². The second kappa shape index (κ2) is 5.77. The highest BCUT2D eigenvalue weighted by Gasteiger charge is 2.54. The molecule has 25 heavy (non-hydrogen) atoms. The number of allylic oxidation sites excluding steroid dienone is 1. The molecular weight excluding hydrogens is 318 g/mol. The zero-order chi connectivity index (χ0) is 17.4. The Hall–Kier alpha value is -3.08. The third-order valence-electron chi connectivity index (χ3n) is 4.65. The molecule has 5 heteroatoms. The average molecular weight is 335 g/mol. The third kappa shape index (κ3) is 2.39. The van der Waals surface area contributed by atoms with Crippen molar-refractivity contribution in [3.8, 4) is 5.75 Å². The van der Waals surface area contributed by atoms with Gasteiger partial charge in [0.25, 0.3) is 5.91 Å². The summed E-state index contributed by atoms with van der Waals surface area (Å²) in [6.45, 7) is 0.419. The molecule has 5 nitrogen and oxygen atoms in total. The number of benzene rings is 2. The van der Waals surface area contributed by atoms with E-state index < -0.39 is 5.60 Å². The lowest BCUT2D eigenvalue weighted by atomic mass is 9.88. The lowest BCUT2D eigenvalue weighted by molar-refractivity contribution is -0.143. The molecular formula is C20H17NO4. The lowest BCUT2D eigenvalue weighted by Gasteiger charge is -2.29. The third-order valence-corrected chi connectivity index (χ3v) is 4.65. The summed E-state index contributed by atoms with van der Waals surface area (Å²) in [6, 6.07) is 15.2. The van der Waals surface area contributed by atoms with Crippen molar-refractivity contribution >= 4 is 17.4 Å². The van der Waals surface area contributed by atoms with Crippen LogP contribution in [0.25, 0.3) is 0 Å². The molecule has 1 unspecified atom stereocenters. The average Bonchev–Trinajstić information content (AvgIpc) is 2.85. The minimum atomic E-state index is -1.30. The van der Waals surface area contributed by atoms with Crippen molar-refractivity contribution in [2.75, 3.05) is 12.0 Å². The van der Waals surface area contributed by atoms with Crippen LogP contribution >= 0.6 is 0 Å². The lowest BCUT2D eigenvalue weighted by Crippen LogP contribution is -2.43. The van der Waals surface area contributed by atoms with E-state index in [0.29, 0.717) is 17.9 Å². The smallest absolute Gasteiger partial charge is 0.276 e. The van der Waals surface area contributed by atoms with Crippen LogP contribution in [-0.2, 0) is 26.5 Å². The summed E-state index contributed by atoms with van der Waals surface area (Å²) < 4.78 is 11.1. The first-order chi connectivity index (χ1) is 12.1. The van der Waals surface area contributed by atoms with Crippen molar-refractivity contribution in [1.82, 2.24) is 0 Å². The Morgan fingerprint density at radius 3 is 2.68 bits per heavy atom. The van der Waals surface area contributed by atoms with Gasteiger partial charge < -0.3 is 14.4 Å². The molecule has 1 amide bonds. The molecule has 0 saturated heterocycles. The number of rotatable bonds is 3. The molecule has 0 saturated carbocycles. The van der Waals surface area contributed by atoms with Crippen molar-refractivity contribution < 1.29 is 19.1 Å². The van der Waals surface area contributed by atoms with Gasteiger partial charge in [-0.2, -0.15) is 0 Å². The van der Waals surface area contributed by atoms with E-state index in [0.717, 1.165) is 11.3 Å². The van der Waals surface area contributed by atoms with Gasteiger partial charge >= 0.3 is 0 Å². The van der Waals surface area contributed by atoms with E-state index in [2.05, 4.69) is 0 Å². The SMILES string of the molecule is COc1ccc2c(c1)C1(CC(=O)C=CO1)C(=O)N2Cc1ccccc1. The van der Waals surface area contributed by atoms with Gasteiger partial charge in [0, 0.05) is 11.6 Å². The molecule has 0 N–H and O–H groups in total. The maximum absolute atomic E-state index is 13.3. The first-order valence-corrected chi connectivity index (χ1v) is 8.06. The van der Waals surface area contributed by atoms with Crippen molar-refractivity contribution in [3.63, 3.8) is 0 Å². The number of ether oxygens (including phenoxy) is 2. The second-order valence-corrected chi connectivity index (χ2v) is 6.15. The van der Waals surface area contributed by atoms with Crippen LogP contribution in [0.15, 0.2) is 60.9 Å². The van der Waals surface area contributed by atoms with Crippen molar-refractivity contribution in [1.29, 1.82) is 0 Å².